The Bertz CT molecular complexity index is 374. The zero-order valence-electron chi connectivity index (χ0n) is 9.45. The Morgan fingerprint density at radius 3 is 2.56 bits per heavy atom. The maximum atomic E-state index is 11.8. The Hall–Kier alpha value is -1.02. The monoisotopic (exact) mass is 237 g/mol. The fraction of sp³-hybridized carbons (Fsp3) is 0.462. The van der Waals surface area contributed by atoms with Crippen LogP contribution in [0.5, 0.6) is 0 Å². The lowest BCUT2D eigenvalue weighted by Crippen LogP contribution is -2.24. The summed E-state index contributed by atoms with van der Waals surface area (Å²) in [4.78, 5) is 13.6. The number of rotatable bonds is 3. The Morgan fingerprint density at radius 2 is 2.06 bits per heavy atom. The molecule has 16 heavy (non-hydrogen) atoms. The van der Waals surface area contributed by atoms with E-state index in [4.69, 9.17) is 11.6 Å². The molecule has 0 N–H and O–H groups in total. The summed E-state index contributed by atoms with van der Waals surface area (Å²) < 4.78 is 0. The van der Waals surface area contributed by atoms with E-state index in [1.54, 1.807) is 0 Å². The molecule has 0 saturated carbocycles. The number of anilines is 1. The largest absolute Gasteiger partial charge is 0.312 e. The van der Waals surface area contributed by atoms with E-state index in [1.165, 1.54) is 5.56 Å². The Morgan fingerprint density at radius 1 is 1.38 bits per heavy atom. The Kier molecular flexibility index (Phi) is 3.49. The van der Waals surface area contributed by atoms with Gasteiger partial charge in [-0.05, 0) is 30.0 Å². The minimum Gasteiger partial charge on any atom is -0.312 e. The van der Waals surface area contributed by atoms with Crippen molar-refractivity contribution in [3.63, 3.8) is 0 Å². The summed E-state index contributed by atoms with van der Waals surface area (Å²) in [5.74, 6) is 1.06. The first-order valence-corrected chi connectivity index (χ1v) is 6.23. The van der Waals surface area contributed by atoms with Crippen molar-refractivity contribution in [2.45, 2.75) is 19.8 Å². The second kappa shape index (κ2) is 4.88. The first-order chi connectivity index (χ1) is 7.74. The van der Waals surface area contributed by atoms with Gasteiger partial charge in [-0.2, -0.15) is 0 Å². The average molecular weight is 238 g/mol. The van der Waals surface area contributed by atoms with Crippen LogP contribution in [0.1, 0.15) is 18.9 Å². The maximum absolute atomic E-state index is 11.8. The lowest BCUT2D eigenvalue weighted by molar-refractivity contribution is -0.117. The van der Waals surface area contributed by atoms with Crippen LogP contribution in [0.15, 0.2) is 24.3 Å². The molecule has 2 nitrogen and oxygen atoms in total. The summed E-state index contributed by atoms with van der Waals surface area (Å²) in [6.45, 7) is 2.88. The van der Waals surface area contributed by atoms with Gasteiger partial charge < -0.3 is 4.90 Å². The highest BCUT2D eigenvalue weighted by atomic mass is 35.5. The van der Waals surface area contributed by atoms with Crippen LogP contribution in [-0.4, -0.2) is 18.3 Å². The van der Waals surface area contributed by atoms with Gasteiger partial charge in [0.2, 0.25) is 5.91 Å². The number of nitrogens with zero attached hydrogens (tertiary/aromatic N) is 1. The van der Waals surface area contributed by atoms with E-state index >= 15 is 0 Å². The van der Waals surface area contributed by atoms with Gasteiger partial charge in [0, 0.05) is 24.5 Å². The van der Waals surface area contributed by atoms with Crippen LogP contribution in [0, 0.1) is 5.92 Å². The number of aryl methyl sites for hydroxylation is 1. The molecule has 0 bridgehead atoms. The molecule has 3 heteroatoms. The van der Waals surface area contributed by atoms with Gasteiger partial charge in [-0.15, -0.1) is 11.6 Å². The van der Waals surface area contributed by atoms with Gasteiger partial charge in [-0.3, -0.25) is 4.79 Å². The predicted octanol–water partition coefficient (Wildman–Crippen LogP) is 2.84. The minimum atomic E-state index is 0.190. The number of carbonyl (C=O) groups excluding carboxylic acids is 1. The van der Waals surface area contributed by atoms with Crippen molar-refractivity contribution in [2.24, 2.45) is 5.92 Å². The third kappa shape index (κ3) is 2.22. The molecule has 2 rings (SSSR count). The molecule has 1 atom stereocenters. The molecule has 0 spiro atoms. The maximum Gasteiger partial charge on any atom is 0.227 e. The molecule has 86 valence electrons. The van der Waals surface area contributed by atoms with Gasteiger partial charge in [0.15, 0.2) is 0 Å². The first-order valence-electron chi connectivity index (χ1n) is 5.70. The SMILES string of the molecule is CCc1ccc(N2CC(CCl)CC2=O)cc1. The Balaban J connectivity index is 2.15. The second-order valence-corrected chi connectivity index (χ2v) is 4.56. The normalized spacial score (nSPS) is 20.5. The summed E-state index contributed by atoms with van der Waals surface area (Å²) in [6.07, 6.45) is 1.61. The molecule has 1 aliphatic rings. The van der Waals surface area contributed by atoms with Crippen molar-refractivity contribution in [1.82, 2.24) is 0 Å². The third-order valence-corrected chi connectivity index (χ3v) is 3.52. The lowest BCUT2D eigenvalue weighted by atomic mass is 10.1. The molecule has 1 saturated heterocycles. The standard InChI is InChI=1S/C13H16ClNO/c1-2-10-3-5-12(6-4-10)15-9-11(8-14)7-13(15)16/h3-6,11H,2,7-9H2,1H3. The summed E-state index contributed by atoms with van der Waals surface area (Å²) in [7, 11) is 0. The number of benzene rings is 1. The molecule has 0 aromatic heterocycles. The molecule has 1 unspecified atom stereocenters. The first kappa shape index (κ1) is 11.5. The lowest BCUT2D eigenvalue weighted by Gasteiger charge is -2.16. The number of alkyl halides is 1. The average Bonchev–Trinajstić information content (AvgIpc) is 2.71. The third-order valence-electron chi connectivity index (χ3n) is 3.08. The van der Waals surface area contributed by atoms with Gasteiger partial charge in [-0.1, -0.05) is 19.1 Å². The number of hydrogen-bond donors (Lipinski definition) is 0. The fourth-order valence-electron chi connectivity index (χ4n) is 2.05. The molecular weight excluding hydrogens is 222 g/mol. The van der Waals surface area contributed by atoms with Crippen LogP contribution in [0.3, 0.4) is 0 Å². The van der Waals surface area contributed by atoms with Crippen molar-refractivity contribution in [3.05, 3.63) is 29.8 Å². The van der Waals surface area contributed by atoms with Crippen molar-refractivity contribution in [3.8, 4) is 0 Å². The minimum absolute atomic E-state index is 0.190. The zero-order chi connectivity index (χ0) is 11.5. The molecule has 1 fully saturated rings. The van der Waals surface area contributed by atoms with Gasteiger partial charge >= 0.3 is 0 Å². The van der Waals surface area contributed by atoms with Crippen molar-refractivity contribution in [2.75, 3.05) is 17.3 Å². The molecule has 1 amide bonds. The topological polar surface area (TPSA) is 20.3 Å². The van der Waals surface area contributed by atoms with E-state index < -0.39 is 0 Å². The predicted molar refractivity (Wildman–Crippen MR) is 67.0 cm³/mol. The molecule has 1 aromatic rings. The number of amides is 1. The number of halogens is 1. The molecule has 1 aromatic carbocycles. The van der Waals surface area contributed by atoms with E-state index in [9.17, 15) is 4.79 Å². The van der Waals surface area contributed by atoms with Gasteiger partial charge in [0.1, 0.15) is 0 Å². The summed E-state index contributed by atoms with van der Waals surface area (Å²) in [6, 6.07) is 8.20. The van der Waals surface area contributed by atoms with Crippen LogP contribution in [0.25, 0.3) is 0 Å². The molecule has 1 aliphatic heterocycles. The van der Waals surface area contributed by atoms with Gasteiger partial charge in [0.25, 0.3) is 0 Å². The molecule has 1 heterocycles. The van der Waals surface area contributed by atoms with Crippen LogP contribution >= 0.6 is 11.6 Å². The van der Waals surface area contributed by atoms with Crippen LogP contribution < -0.4 is 4.90 Å². The number of carbonyl (C=O) groups is 1. The zero-order valence-corrected chi connectivity index (χ0v) is 10.2. The molecular formula is C13H16ClNO. The van der Waals surface area contributed by atoms with E-state index in [-0.39, 0.29) is 5.91 Å². The van der Waals surface area contributed by atoms with E-state index in [0.717, 1.165) is 18.7 Å². The van der Waals surface area contributed by atoms with E-state index in [0.29, 0.717) is 18.2 Å². The van der Waals surface area contributed by atoms with E-state index in [1.807, 2.05) is 17.0 Å². The highest BCUT2D eigenvalue weighted by molar-refractivity contribution is 6.18. The van der Waals surface area contributed by atoms with Crippen molar-refractivity contribution < 1.29 is 4.79 Å². The second-order valence-electron chi connectivity index (χ2n) is 4.25. The van der Waals surface area contributed by atoms with Gasteiger partial charge in [-0.25, -0.2) is 0 Å². The van der Waals surface area contributed by atoms with E-state index in [2.05, 4.69) is 19.1 Å². The fourth-order valence-corrected chi connectivity index (χ4v) is 2.25. The summed E-state index contributed by atoms with van der Waals surface area (Å²) >= 11 is 5.79. The quantitative estimate of drug-likeness (QED) is 0.741. The van der Waals surface area contributed by atoms with Crippen molar-refractivity contribution in [1.29, 1.82) is 0 Å². The van der Waals surface area contributed by atoms with Crippen molar-refractivity contribution >= 4 is 23.2 Å². The summed E-state index contributed by atoms with van der Waals surface area (Å²) in [5, 5.41) is 0. The molecule has 0 aliphatic carbocycles. The number of hydrogen-bond acceptors (Lipinski definition) is 1. The summed E-state index contributed by atoms with van der Waals surface area (Å²) in [5.41, 5.74) is 2.29. The van der Waals surface area contributed by atoms with Gasteiger partial charge in [0.05, 0.1) is 0 Å². The molecule has 0 radical (unpaired) electrons. The highest BCUT2D eigenvalue weighted by Gasteiger charge is 2.29. The van der Waals surface area contributed by atoms with Crippen LogP contribution in [0.4, 0.5) is 5.69 Å². The smallest absolute Gasteiger partial charge is 0.227 e. The Labute approximate surface area is 101 Å². The van der Waals surface area contributed by atoms with Crippen LogP contribution in [0.2, 0.25) is 0 Å². The van der Waals surface area contributed by atoms with Crippen LogP contribution in [-0.2, 0) is 11.2 Å². The highest BCUT2D eigenvalue weighted by Crippen LogP contribution is 2.25.